The van der Waals surface area contributed by atoms with E-state index in [0.717, 1.165) is 18.4 Å². The molecule has 0 radical (unpaired) electrons. The highest BCUT2D eigenvalue weighted by atomic mass is 32.2. The van der Waals surface area contributed by atoms with Gasteiger partial charge in [0.1, 0.15) is 5.78 Å². The number of benzene rings is 1. The Morgan fingerprint density at radius 3 is 2.50 bits per heavy atom. The normalized spacial score (nSPS) is 29.1. The summed E-state index contributed by atoms with van der Waals surface area (Å²) in [6.45, 7) is 2.03. The van der Waals surface area contributed by atoms with Crippen LogP contribution in [-0.2, 0) is 19.1 Å². The summed E-state index contributed by atoms with van der Waals surface area (Å²) in [4.78, 5) is 11.9. The highest BCUT2D eigenvalue weighted by Crippen LogP contribution is 2.46. The van der Waals surface area contributed by atoms with Crippen LogP contribution >= 0.6 is 0 Å². The second-order valence-corrected chi connectivity index (χ2v) is 7.54. The molecule has 3 rings (SSSR count). The molecule has 0 N–H and O–H groups in total. The number of Topliss-reactive ketones (excluding diaryl/α,β-unsaturated/α-hetero) is 1. The van der Waals surface area contributed by atoms with Gasteiger partial charge in [-0.3, -0.25) is 8.98 Å². The van der Waals surface area contributed by atoms with E-state index in [2.05, 4.69) is 0 Å². The lowest BCUT2D eigenvalue weighted by Gasteiger charge is -2.20. The fourth-order valence-corrected chi connectivity index (χ4v) is 4.33. The van der Waals surface area contributed by atoms with E-state index >= 15 is 0 Å². The third kappa shape index (κ3) is 2.52. The lowest BCUT2D eigenvalue weighted by Crippen LogP contribution is -2.25. The van der Waals surface area contributed by atoms with Gasteiger partial charge in [0.05, 0.1) is 11.5 Å². The van der Waals surface area contributed by atoms with Crippen LogP contribution in [0.1, 0.15) is 24.8 Å². The van der Waals surface area contributed by atoms with E-state index in [0.29, 0.717) is 12.3 Å². The van der Waals surface area contributed by atoms with Crippen molar-refractivity contribution in [1.82, 2.24) is 0 Å². The molecule has 0 heterocycles. The number of carbonyl (C=O) groups excluding carboxylic acids is 1. The standard InChI is InChI=1S/C15H18O4S/c1-10-2-4-13(5-3-10)20(17,18)19-9-12-6-11-7-14(12)15(16)8-11/h2-5,11-12,14H,6-9H2,1H3/t11-,12+,14-/m1/s1. The van der Waals surface area contributed by atoms with Crippen molar-refractivity contribution in [2.45, 2.75) is 31.1 Å². The predicted molar refractivity (Wildman–Crippen MR) is 73.6 cm³/mol. The van der Waals surface area contributed by atoms with E-state index in [1.807, 2.05) is 6.92 Å². The average Bonchev–Trinajstić information content (AvgIpc) is 2.95. The Hall–Kier alpha value is -1.20. The second kappa shape index (κ2) is 4.97. The van der Waals surface area contributed by atoms with E-state index in [1.54, 1.807) is 24.3 Å². The van der Waals surface area contributed by atoms with Gasteiger partial charge in [-0.15, -0.1) is 0 Å². The largest absolute Gasteiger partial charge is 0.299 e. The van der Waals surface area contributed by atoms with Crippen LogP contribution in [0.25, 0.3) is 0 Å². The Bertz CT molecular complexity index is 618. The van der Waals surface area contributed by atoms with Crippen molar-refractivity contribution in [3.8, 4) is 0 Å². The van der Waals surface area contributed by atoms with Gasteiger partial charge in [0.25, 0.3) is 10.1 Å². The molecule has 2 aliphatic carbocycles. The maximum Gasteiger partial charge on any atom is 0.296 e. The van der Waals surface area contributed by atoms with E-state index < -0.39 is 10.1 Å². The minimum atomic E-state index is -3.71. The van der Waals surface area contributed by atoms with Gasteiger partial charge in [0, 0.05) is 12.3 Å². The van der Waals surface area contributed by atoms with Crippen LogP contribution in [0.2, 0.25) is 0 Å². The molecule has 2 fully saturated rings. The van der Waals surface area contributed by atoms with Gasteiger partial charge in [-0.2, -0.15) is 8.42 Å². The van der Waals surface area contributed by atoms with Gasteiger partial charge in [-0.25, -0.2) is 0 Å². The third-order valence-electron chi connectivity index (χ3n) is 4.44. The Kier molecular flexibility index (Phi) is 3.42. The number of ketones is 1. The molecule has 0 aromatic heterocycles. The molecular formula is C15H18O4S. The van der Waals surface area contributed by atoms with Crippen LogP contribution in [0.4, 0.5) is 0 Å². The molecule has 0 unspecified atom stereocenters. The summed E-state index contributed by atoms with van der Waals surface area (Å²) in [5, 5.41) is 0. The third-order valence-corrected chi connectivity index (χ3v) is 5.74. The number of rotatable bonds is 4. The topological polar surface area (TPSA) is 60.4 Å². The summed E-state index contributed by atoms with van der Waals surface area (Å²) < 4.78 is 29.3. The molecule has 2 bridgehead atoms. The van der Waals surface area contributed by atoms with Crippen molar-refractivity contribution in [3.05, 3.63) is 29.8 Å². The minimum Gasteiger partial charge on any atom is -0.299 e. The smallest absolute Gasteiger partial charge is 0.296 e. The molecule has 0 aliphatic heterocycles. The van der Waals surface area contributed by atoms with Crippen LogP contribution in [0.15, 0.2) is 29.2 Å². The van der Waals surface area contributed by atoms with Crippen LogP contribution in [-0.4, -0.2) is 20.8 Å². The molecule has 1 aromatic rings. The molecular weight excluding hydrogens is 276 g/mol. The zero-order valence-electron chi connectivity index (χ0n) is 11.4. The first-order valence-electron chi connectivity index (χ1n) is 6.94. The molecule has 2 saturated carbocycles. The van der Waals surface area contributed by atoms with Gasteiger partial charge >= 0.3 is 0 Å². The lowest BCUT2D eigenvalue weighted by atomic mass is 9.89. The maximum atomic E-state index is 12.1. The van der Waals surface area contributed by atoms with Crippen molar-refractivity contribution in [2.75, 3.05) is 6.61 Å². The van der Waals surface area contributed by atoms with Gasteiger partial charge in [-0.1, -0.05) is 17.7 Å². The Morgan fingerprint density at radius 1 is 1.20 bits per heavy atom. The highest BCUT2D eigenvalue weighted by Gasteiger charge is 2.45. The Labute approximate surface area is 119 Å². The van der Waals surface area contributed by atoms with Gasteiger partial charge in [0.15, 0.2) is 0 Å². The maximum absolute atomic E-state index is 12.1. The lowest BCUT2D eigenvalue weighted by molar-refractivity contribution is -0.123. The molecule has 0 saturated heterocycles. The summed E-state index contributed by atoms with van der Waals surface area (Å²) in [7, 11) is -3.71. The van der Waals surface area contributed by atoms with E-state index in [4.69, 9.17) is 4.18 Å². The zero-order chi connectivity index (χ0) is 14.3. The number of hydrogen-bond acceptors (Lipinski definition) is 4. The summed E-state index contributed by atoms with van der Waals surface area (Å²) in [6, 6.07) is 6.60. The molecule has 4 nitrogen and oxygen atoms in total. The summed E-state index contributed by atoms with van der Waals surface area (Å²) >= 11 is 0. The highest BCUT2D eigenvalue weighted by molar-refractivity contribution is 7.86. The molecule has 2 aliphatic rings. The minimum absolute atomic E-state index is 0.0215. The second-order valence-electron chi connectivity index (χ2n) is 5.93. The number of fused-ring (bicyclic) bond motifs is 2. The number of aryl methyl sites for hydroxylation is 1. The zero-order valence-corrected chi connectivity index (χ0v) is 12.2. The van der Waals surface area contributed by atoms with Crippen molar-refractivity contribution in [1.29, 1.82) is 0 Å². The fraction of sp³-hybridized carbons (Fsp3) is 0.533. The van der Waals surface area contributed by atoms with Crippen molar-refractivity contribution in [3.63, 3.8) is 0 Å². The summed E-state index contributed by atoms with van der Waals surface area (Å²) in [6.07, 6.45) is 2.50. The molecule has 0 amide bonds. The predicted octanol–water partition coefficient (Wildman–Crippen LogP) is 2.32. The fourth-order valence-electron chi connectivity index (χ4n) is 3.37. The number of carbonyl (C=O) groups is 1. The SMILES string of the molecule is Cc1ccc(S(=O)(=O)OC[C@@H]2C[C@H]3CC(=O)[C@@H]2C3)cc1. The monoisotopic (exact) mass is 294 g/mol. The number of hydrogen-bond donors (Lipinski definition) is 0. The first kappa shape index (κ1) is 13.8. The molecule has 5 heteroatoms. The van der Waals surface area contributed by atoms with Crippen LogP contribution < -0.4 is 0 Å². The molecule has 3 atom stereocenters. The van der Waals surface area contributed by atoms with Gasteiger partial charge < -0.3 is 0 Å². The van der Waals surface area contributed by atoms with Crippen LogP contribution in [0.3, 0.4) is 0 Å². The van der Waals surface area contributed by atoms with Crippen LogP contribution in [0.5, 0.6) is 0 Å². The molecule has 108 valence electrons. The van der Waals surface area contributed by atoms with Gasteiger partial charge in [-0.05, 0) is 43.7 Å². The quantitative estimate of drug-likeness (QED) is 0.800. The summed E-state index contributed by atoms with van der Waals surface area (Å²) in [5.74, 6) is 0.820. The molecule has 20 heavy (non-hydrogen) atoms. The molecule has 1 aromatic carbocycles. The Balaban J connectivity index is 1.66. The first-order chi connectivity index (χ1) is 9.45. The van der Waals surface area contributed by atoms with Crippen molar-refractivity contribution in [2.24, 2.45) is 17.8 Å². The van der Waals surface area contributed by atoms with E-state index in [1.165, 1.54) is 0 Å². The van der Waals surface area contributed by atoms with Gasteiger partial charge in [0.2, 0.25) is 0 Å². The summed E-state index contributed by atoms with van der Waals surface area (Å²) in [5.41, 5.74) is 1.00. The average molecular weight is 294 g/mol. The Morgan fingerprint density at radius 2 is 1.90 bits per heavy atom. The van der Waals surface area contributed by atoms with E-state index in [9.17, 15) is 13.2 Å². The van der Waals surface area contributed by atoms with Crippen molar-refractivity contribution >= 4 is 15.9 Å². The first-order valence-corrected chi connectivity index (χ1v) is 8.35. The van der Waals surface area contributed by atoms with Crippen molar-refractivity contribution < 1.29 is 17.4 Å². The molecule has 0 spiro atoms. The van der Waals surface area contributed by atoms with E-state index in [-0.39, 0.29) is 29.1 Å². The van der Waals surface area contributed by atoms with Crippen LogP contribution in [0, 0.1) is 24.7 Å².